The number of ether oxygens (including phenoxy) is 2. The molecule has 1 heterocycles. The summed E-state index contributed by atoms with van der Waals surface area (Å²) in [6.45, 7) is 0.712. The van der Waals surface area contributed by atoms with Crippen LogP contribution in [0.5, 0.6) is 5.75 Å². The van der Waals surface area contributed by atoms with E-state index >= 15 is 0 Å². The van der Waals surface area contributed by atoms with Gasteiger partial charge in [-0.1, -0.05) is 29.3 Å². The van der Waals surface area contributed by atoms with Gasteiger partial charge in [0.2, 0.25) is 5.91 Å². The Kier molecular flexibility index (Phi) is 6.84. The average molecular weight is 451 g/mol. The molecule has 2 N–H and O–H groups in total. The zero-order valence-electron chi connectivity index (χ0n) is 16.2. The average Bonchev–Trinajstić information content (AvgIpc) is 3.02. The predicted molar refractivity (Wildman–Crippen MR) is 111 cm³/mol. The van der Waals surface area contributed by atoms with Crippen molar-refractivity contribution in [3.63, 3.8) is 0 Å². The lowest BCUT2D eigenvalue weighted by Gasteiger charge is -2.18. The Morgan fingerprint density at radius 2 is 1.90 bits per heavy atom. The highest BCUT2D eigenvalue weighted by atomic mass is 35.5. The van der Waals surface area contributed by atoms with E-state index in [0.717, 1.165) is 11.1 Å². The summed E-state index contributed by atoms with van der Waals surface area (Å²) in [5.74, 6) is -2.23. The molecule has 3 rings (SSSR count). The van der Waals surface area contributed by atoms with Gasteiger partial charge < -0.3 is 20.1 Å². The number of hydrogen-bond donors (Lipinski definition) is 1. The quantitative estimate of drug-likeness (QED) is 0.491. The fraction of sp³-hybridized carbons (Fsp3) is 0.286. The number of nitrogens with two attached hydrogens (primary N) is 1. The molecule has 2 aromatic carbocycles. The summed E-state index contributed by atoms with van der Waals surface area (Å²) >= 11 is 12.0. The molecule has 30 heavy (non-hydrogen) atoms. The number of fused-ring (bicyclic) bond motifs is 1. The van der Waals surface area contributed by atoms with Crippen molar-refractivity contribution in [3.05, 3.63) is 63.1 Å². The summed E-state index contributed by atoms with van der Waals surface area (Å²) in [4.78, 5) is 37.5. The number of benzene rings is 2. The third-order valence-electron chi connectivity index (χ3n) is 4.83. The third-order valence-corrected chi connectivity index (χ3v) is 5.27. The van der Waals surface area contributed by atoms with Gasteiger partial charge in [-0.15, -0.1) is 0 Å². The monoisotopic (exact) mass is 450 g/mol. The molecule has 7 nitrogen and oxygen atoms in total. The van der Waals surface area contributed by atoms with Gasteiger partial charge >= 0.3 is 5.97 Å². The number of rotatable bonds is 8. The summed E-state index contributed by atoms with van der Waals surface area (Å²) in [5.41, 5.74) is 7.33. The van der Waals surface area contributed by atoms with E-state index in [1.807, 2.05) is 0 Å². The number of esters is 1. The SMILES string of the molecule is COC(=O)C(CCN1Cc2c(OCc3cc(Cl)cc(Cl)c3)cccc2C1=O)C(N)=O. The lowest BCUT2D eigenvalue weighted by Crippen LogP contribution is -2.35. The minimum absolute atomic E-state index is 0.0823. The fourth-order valence-electron chi connectivity index (χ4n) is 3.34. The maximum Gasteiger partial charge on any atom is 0.318 e. The smallest absolute Gasteiger partial charge is 0.318 e. The predicted octanol–water partition coefficient (Wildman–Crippen LogP) is 3.19. The molecule has 1 aliphatic heterocycles. The molecular formula is C21H20Cl2N2O5. The highest BCUT2D eigenvalue weighted by Crippen LogP contribution is 2.32. The van der Waals surface area contributed by atoms with Gasteiger partial charge in [-0.05, 0) is 42.3 Å². The van der Waals surface area contributed by atoms with Crippen LogP contribution in [-0.4, -0.2) is 36.3 Å². The van der Waals surface area contributed by atoms with Crippen LogP contribution in [0, 0.1) is 5.92 Å². The second-order valence-electron chi connectivity index (χ2n) is 6.84. The van der Waals surface area contributed by atoms with Gasteiger partial charge in [0.1, 0.15) is 18.3 Å². The molecule has 158 valence electrons. The normalized spacial score (nSPS) is 13.7. The molecule has 0 radical (unpaired) electrons. The second-order valence-corrected chi connectivity index (χ2v) is 7.72. The van der Waals surface area contributed by atoms with Gasteiger partial charge in [-0.3, -0.25) is 14.4 Å². The van der Waals surface area contributed by atoms with Crippen LogP contribution in [-0.2, 0) is 27.5 Å². The topological polar surface area (TPSA) is 98.9 Å². The van der Waals surface area contributed by atoms with Crippen LogP contribution in [0.25, 0.3) is 0 Å². The molecule has 9 heteroatoms. The Morgan fingerprint density at radius 3 is 2.53 bits per heavy atom. The Balaban J connectivity index is 1.70. The Bertz CT molecular complexity index is 975. The molecule has 2 aromatic rings. The van der Waals surface area contributed by atoms with E-state index < -0.39 is 17.8 Å². The van der Waals surface area contributed by atoms with E-state index in [9.17, 15) is 14.4 Å². The van der Waals surface area contributed by atoms with E-state index in [1.165, 1.54) is 7.11 Å². The van der Waals surface area contributed by atoms with Gasteiger partial charge in [0.15, 0.2) is 0 Å². The first kappa shape index (κ1) is 21.9. The van der Waals surface area contributed by atoms with Crippen LogP contribution >= 0.6 is 23.2 Å². The van der Waals surface area contributed by atoms with Crippen LogP contribution < -0.4 is 10.5 Å². The van der Waals surface area contributed by atoms with Crippen molar-refractivity contribution in [2.75, 3.05) is 13.7 Å². The van der Waals surface area contributed by atoms with E-state index in [0.29, 0.717) is 27.9 Å². The number of primary amides is 1. The molecule has 0 saturated heterocycles. The molecule has 1 aliphatic rings. The maximum absolute atomic E-state index is 12.7. The Morgan fingerprint density at radius 1 is 1.20 bits per heavy atom. The minimum atomic E-state index is -1.10. The number of hydrogen-bond acceptors (Lipinski definition) is 5. The Labute approximate surface area is 183 Å². The molecule has 1 unspecified atom stereocenters. The van der Waals surface area contributed by atoms with Crippen molar-refractivity contribution in [2.45, 2.75) is 19.6 Å². The fourth-order valence-corrected chi connectivity index (χ4v) is 3.91. The highest BCUT2D eigenvalue weighted by molar-refractivity contribution is 6.34. The molecule has 0 saturated carbocycles. The van der Waals surface area contributed by atoms with Crippen molar-refractivity contribution in [1.29, 1.82) is 0 Å². The van der Waals surface area contributed by atoms with Crippen LogP contribution in [0.15, 0.2) is 36.4 Å². The number of methoxy groups -OCH3 is 1. The van der Waals surface area contributed by atoms with Crippen LogP contribution in [0.1, 0.15) is 27.9 Å². The second kappa shape index (κ2) is 9.36. The minimum Gasteiger partial charge on any atom is -0.489 e. The van der Waals surface area contributed by atoms with Gasteiger partial charge in [-0.25, -0.2) is 0 Å². The van der Waals surface area contributed by atoms with E-state index in [1.54, 1.807) is 41.3 Å². The number of nitrogens with zero attached hydrogens (tertiary/aromatic N) is 1. The van der Waals surface area contributed by atoms with E-state index in [2.05, 4.69) is 4.74 Å². The van der Waals surface area contributed by atoms with Gasteiger partial charge in [0, 0.05) is 27.7 Å². The highest BCUT2D eigenvalue weighted by Gasteiger charge is 2.32. The molecule has 1 atom stereocenters. The van der Waals surface area contributed by atoms with E-state index in [4.69, 9.17) is 33.7 Å². The van der Waals surface area contributed by atoms with E-state index in [-0.39, 0.29) is 25.5 Å². The van der Waals surface area contributed by atoms with Crippen molar-refractivity contribution >= 4 is 41.0 Å². The summed E-state index contributed by atoms with van der Waals surface area (Å²) < 4.78 is 10.5. The summed E-state index contributed by atoms with van der Waals surface area (Å²) in [5, 5.41) is 1.02. The van der Waals surface area contributed by atoms with Crippen LogP contribution in [0.2, 0.25) is 10.0 Å². The lowest BCUT2D eigenvalue weighted by molar-refractivity contribution is -0.149. The van der Waals surface area contributed by atoms with Crippen molar-refractivity contribution in [3.8, 4) is 5.75 Å². The van der Waals surface area contributed by atoms with Gasteiger partial charge in [-0.2, -0.15) is 0 Å². The zero-order chi connectivity index (χ0) is 21.8. The molecule has 0 aliphatic carbocycles. The Hall–Kier alpha value is -2.77. The van der Waals surface area contributed by atoms with Crippen molar-refractivity contribution in [2.24, 2.45) is 11.7 Å². The summed E-state index contributed by atoms with van der Waals surface area (Å²) in [6, 6.07) is 10.4. The number of amides is 2. The zero-order valence-corrected chi connectivity index (χ0v) is 17.7. The van der Waals surface area contributed by atoms with Gasteiger partial charge in [0.25, 0.3) is 5.91 Å². The largest absolute Gasteiger partial charge is 0.489 e. The van der Waals surface area contributed by atoms with Crippen LogP contribution in [0.3, 0.4) is 0 Å². The molecular weight excluding hydrogens is 431 g/mol. The molecule has 0 fully saturated rings. The summed E-state index contributed by atoms with van der Waals surface area (Å²) in [7, 11) is 1.19. The molecule has 0 spiro atoms. The number of carbonyl (C=O) groups is 3. The summed E-state index contributed by atoms with van der Waals surface area (Å²) in [6.07, 6.45) is 0.0823. The number of carbonyl (C=O) groups excluding carboxylic acids is 3. The first-order valence-corrected chi connectivity index (χ1v) is 9.91. The van der Waals surface area contributed by atoms with Crippen molar-refractivity contribution in [1.82, 2.24) is 4.90 Å². The maximum atomic E-state index is 12.7. The van der Waals surface area contributed by atoms with Crippen LogP contribution in [0.4, 0.5) is 0 Å². The molecule has 0 bridgehead atoms. The first-order valence-electron chi connectivity index (χ1n) is 9.16. The molecule has 2 amide bonds. The molecule has 0 aromatic heterocycles. The van der Waals surface area contributed by atoms with Gasteiger partial charge in [0.05, 0.1) is 13.7 Å². The first-order chi connectivity index (χ1) is 14.3. The third kappa shape index (κ3) is 4.86. The lowest BCUT2D eigenvalue weighted by atomic mass is 10.1. The van der Waals surface area contributed by atoms with Crippen molar-refractivity contribution < 1.29 is 23.9 Å². The standard InChI is InChI=1S/C21H20Cl2N2O5/c1-29-21(28)16(19(24)26)5-6-25-10-17-15(20(25)27)3-2-4-18(17)30-11-12-7-13(22)9-14(23)8-12/h2-4,7-9,16H,5-6,10-11H2,1H3,(H2,24,26). The number of halogens is 2.